The fraction of sp³-hybridized carbons (Fsp3) is 0.167. The Balaban J connectivity index is 2.61. The molecule has 2 aromatic rings. The van der Waals surface area contributed by atoms with Crippen molar-refractivity contribution in [3.05, 3.63) is 52.4 Å². The first-order valence-electron chi connectivity index (χ1n) is 5.16. The molecule has 1 aromatic heterocycles. The quantitative estimate of drug-likeness (QED) is 0.859. The zero-order valence-electron chi connectivity index (χ0n) is 9.33. The van der Waals surface area contributed by atoms with E-state index in [9.17, 15) is 9.59 Å². The van der Waals surface area contributed by atoms with Gasteiger partial charge in [0.1, 0.15) is 6.54 Å². The molecule has 0 amide bonds. The fourth-order valence-electron chi connectivity index (χ4n) is 1.79. The predicted octanol–water partition coefficient (Wildman–Crippen LogP) is 1.03. The van der Waals surface area contributed by atoms with E-state index in [1.807, 2.05) is 30.3 Å². The molecule has 1 heterocycles. The van der Waals surface area contributed by atoms with Crippen molar-refractivity contribution in [3.63, 3.8) is 0 Å². The summed E-state index contributed by atoms with van der Waals surface area (Å²) in [7, 11) is 0. The molecule has 0 radical (unpaired) electrons. The summed E-state index contributed by atoms with van der Waals surface area (Å²) in [6, 6.07) is 10.6. The molecule has 0 saturated heterocycles. The summed E-state index contributed by atoms with van der Waals surface area (Å²) in [5, 5.41) is 8.80. The van der Waals surface area contributed by atoms with Crippen LogP contribution in [0, 0.1) is 6.92 Å². The molecule has 5 heteroatoms. The highest BCUT2D eigenvalue weighted by Gasteiger charge is 2.11. The molecule has 0 bridgehead atoms. The minimum atomic E-state index is -1.04. The van der Waals surface area contributed by atoms with Gasteiger partial charge in [0.25, 0.3) is 5.56 Å². The number of benzene rings is 1. The van der Waals surface area contributed by atoms with Crippen molar-refractivity contribution in [1.82, 2.24) is 9.36 Å². The van der Waals surface area contributed by atoms with Crippen LogP contribution in [0.15, 0.2) is 41.2 Å². The van der Waals surface area contributed by atoms with Crippen LogP contribution < -0.4 is 5.56 Å². The normalized spacial score (nSPS) is 10.4. The van der Waals surface area contributed by atoms with Crippen molar-refractivity contribution >= 4 is 5.97 Å². The van der Waals surface area contributed by atoms with Crippen molar-refractivity contribution in [1.29, 1.82) is 0 Å². The fourth-order valence-corrected chi connectivity index (χ4v) is 1.79. The molecular formula is C12H12N2O3. The zero-order chi connectivity index (χ0) is 12.4. The van der Waals surface area contributed by atoms with Gasteiger partial charge in [-0.25, -0.2) is 4.68 Å². The Morgan fingerprint density at radius 1 is 1.29 bits per heavy atom. The Hall–Kier alpha value is -2.30. The number of aryl methyl sites for hydroxylation is 1. The molecule has 0 saturated carbocycles. The number of aromatic nitrogens is 2. The summed E-state index contributed by atoms with van der Waals surface area (Å²) in [5.74, 6) is -1.04. The first-order chi connectivity index (χ1) is 8.09. The van der Waals surface area contributed by atoms with E-state index in [2.05, 4.69) is 0 Å². The average molecular weight is 232 g/mol. The van der Waals surface area contributed by atoms with Gasteiger partial charge < -0.3 is 5.11 Å². The van der Waals surface area contributed by atoms with Crippen LogP contribution in [0.2, 0.25) is 0 Å². The third-order valence-electron chi connectivity index (χ3n) is 2.45. The van der Waals surface area contributed by atoms with E-state index < -0.39 is 5.97 Å². The number of rotatable bonds is 3. The Kier molecular flexibility index (Phi) is 2.82. The SMILES string of the molecule is Cc1cc(=O)n(CC(=O)O)n1-c1ccccc1. The van der Waals surface area contributed by atoms with Crippen molar-refractivity contribution in [2.45, 2.75) is 13.5 Å². The minimum absolute atomic E-state index is 0.311. The van der Waals surface area contributed by atoms with E-state index >= 15 is 0 Å². The van der Waals surface area contributed by atoms with Gasteiger partial charge in [0, 0.05) is 11.8 Å². The maximum Gasteiger partial charge on any atom is 0.325 e. The predicted molar refractivity (Wildman–Crippen MR) is 62.4 cm³/mol. The Morgan fingerprint density at radius 2 is 1.94 bits per heavy atom. The zero-order valence-corrected chi connectivity index (χ0v) is 9.33. The molecule has 1 N–H and O–H groups in total. The number of hydrogen-bond acceptors (Lipinski definition) is 2. The lowest BCUT2D eigenvalue weighted by atomic mass is 10.3. The van der Waals surface area contributed by atoms with Crippen LogP contribution >= 0.6 is 0 Å². The van der Waals surface area contributed by atoms with Gasteiger partial charge in [0.2, 0.25) is 0 Å². The largest absolute Gasteiger partial charge is 0.480 e. The number of nitrogens with zero attached hydrogens (tertiary/aromatic N) is 2. The van der Waals surface area contributed by atoms with Crippen molar-refractivity contribution in [2.24, 2.45) is 0 Å². The van der Waals surface area contributed by atoms with Crippen LogP contribution in [0.3, 0.4) is 0 Å². The lowest BCUT2D eigenvalue weighted by molar-refractivity contribution is -0.138. The molecule has 1 aromatic carbocycles. The highest BCUT2D eigenvalue weighted by molar-refractivity contribution is 5.66. The van der Waals surface area contributed by atoms with E-state index in [1.54, 1.807) is 11.6 Å². The standard InChI is InChI=1S/C12H12N2O3/c1-9-7-11(15)13(8-12(16)17)14(9)10-5-3-2-4-6-10/h2-7H,8H2,1H3,(H,16,17). The topological polar surface area (TPSA) is 64.2 Å². The number of carboxylic acid groups (broad SMARTS) is 1. The molecule has 5 nitrogen and oxygen atoms in total. The monoisotopic (exact) mass is 232 g/mol. The second-order valence-corrected chi connectivity index (χ2v) is 3.72. The summed E-state index contributed by atoms with van der Waals surface area (Å²) in [5.41, 5.74) is 1.17. The van der Waals surface area contributed by atoms with Crippen LogP contribution in [0.25, 0.3) is 5.69 Å². The van der Waals surface area contributed by atoms with E-state index in [0.717, 1.165) is 5.69 Å². The van der Waals surface area contributed by atoms with Gasteiger partial charge in [-0.1, -0.05) is 18.2 Å². The number of carboxylic acids is 1. The van der Waals surface area contributed by atoms with Gasteiger partial charge in [-0.05, 0) is 19.1 Å². The third-order valence-corrected chi connectivity index (χ3v) is 2.45. The molecule has 0 aliphatic carbocycles. The molecule has 0 fully saturated rings. The third kappa shape index (κ3) is 2.13. The van der Waals surface area contributed by atoms with Crippen molar-refractivity contribution < 1.29 is 9.90 Å². The molecule has 2 rings (SSSR count). The number of carbonyl (C=O) groups is 1. The summed E-state index contributed by atoms with van der Waals surface area (Å²) < 4.78 is 2.81. The number of para-hydroxylation sites is 1. The highest BCUT2D eigenvalue weighted by Crippen LogP contribution is 2.09. The second-order valence-electron chi connectivity index (χ2n) is 3.72. The maximum atomic E-state index is 11.6. The van der Waals surface area contributed by atoms with Gasteiger partial charge in [0.15, 0.2) is 0 Å². The Labute approximate surface area is 97.5 Å². The van der Waals surface area contributed by atoms with Crippen LogP contribution in [-0.2, 0) is 11.3 Å². The molecule has 0 spiro atoms. The first kappa shape index (κ1) is 11.2. The molecule has 88 valence electrons. The first-order valence-corrected chi connectivity index (χ1v) is 5.16. The molecular weight excluding hydrogens is 220 g/mol. The molecule has 17 heavy (non-hydrogen) atoms. The van der Waals surface area contributed by atoms with Gasteiger partial charge in [0.05, 0.1) is 5.69 Å². The van der Waals surface area contributed by atoms with Gasteiger partial charge in [-0.2, -0.15) is 0 Å². The highest BCUT2D eigenvalue weighted by atomic mass is 16.4. The maximum absolute atomic E-state index is 11.6. The lowest BCUT2D eigenvalue weighted by Gasteiger charge is -2.11. The summed E-state index contributed by atoms with van der Waals surface area (Å²) >= 11 is 0. The molecule has 0 atom stereocenters. The molecule has 0 aliphatic rings. The summed E-state index contributed by atoms with van der Waals surface area (Å²) in [4.78, 5) is 22.4. The van der Waals surface area contributed by atoms with Crippen LogP contribution in [0.1, 0.15) is 5.69 Å². The number of hydrogen-bond donors (Lipinski definition) is 1. The van der Waals surface area contributed by atoms with E-state index in [-0.39, 0.29) is 12.1 Å². The van der Waals surface area contributed by atoms with Gasteiger partial charge in [-0.15, -0.1) is 0 Å². The van der Waals surface area contributed by atoms with E-state index in [0.29, 0.717) is 5.69 Å². The molecule has 0 unspecified atom stereocenters. The average Bonchev–Trinajstić information content (AvgIpc) is 2.54. The van der Waals surface area contributed by atoms with Crippen LogP contribution in [-0.4, -0.2) is 20.4 Å². The summed E-state index contributed by atoms with van der Waals surface area (Å²) in [6.45, 7) is 1.42. The van der Waals surface area contributed by atoms with Gasteiger partial charge >= 0.3 is 5.97 Å². The van der Waals surface area contributed by atoms with Crippen LogP contribution in [0.5, 0.6) is 0 Å². The van der Waals surface area contributed by atoms with E-state index in [4.69, 9.17) is 5.11 Å². The second kappa shape index (κ2) is 4.29. The smallest absolute Gasteiger partial charge is 0.325 e. The summed E-state index contributed by atoms with van der Waals surface area (Å²) in [6.07, 6.45) is 0. The van der Waals surface area contributed by atoms with Crippen molar-refractivity contribution in [3.8, 4) is 5.69 Å². The van der Waals surface area contributed by atoms with Gasteiger partial charge in [-0.3, -0.25) is 14.3 Å². The van der Waals surface area contributed by atoms with Crippen molar-refractivity contribution in [2.75, 3.05) is 0 Å². The lowest BCUT2D eigenvalue weighted by Crippen LogP contribution is -2.26. The number of aliphatic carboxylic acids is 1. The minimum Gasteiger partial charge on any atom is -0.480 e. The van der Waals surface area contributed by atoms with E-state index in [1.165, 1.54) is 10.7 Å². The molecule has 0 aliphatic heterocycles. The Bertz CT molecular complexity index is 596. The van der Waals surface area contributed by atoms with Crippen LogP contribution in [0.4, 0.5) is 0 Å². The Morgan fingerprint density at radius 3 is 2.53 bits per heavy atom.